The normalized spacial score (nSPS) is 13.3. The van der Waals surface area contributed by atoms with Crippen LogP contribution in [0.25, 0.3) is 11.4 Å². The smallest absolute Gasteiger partial charge is 0.291 e. The van der Waals surface area contributed by atoms with Crippen molar-refractivity contribution in [2.24, 2.45) is 7.05 Å². The van der Waals surface area contributed by atoms with Crippen LogP contribution in [0.2, 0.25) is 0 Å². The first-order valence-electron chi connectivity index (χ1n) is 5.39. The number of rotatable bonds is 3. The van der Waals surface area contributed by atoms with E-state index in [4.69, 9.17) is 9.47 Å². The quantitative estimate of drug-likeness (QED) is 0.811. The second-order valence-corrected chi connectivity index (χ2v) is 4.77. The summed E-state index contributed by atoms with van der Waals surface area (Å²) in [7, 11) is 1.64. The van der Waals surface area contributed by atoms with Crippen molar-refractivity contribution in [3.63, 3.8) is 0 Å². The van der Waals surface area contributed by atoms with Crippen LogP contribution in [0.4, 0.5) is 8.78 Å². The maximum atomic E-state index is 12.3. The van der Waals surface area contributed by atoms with Crippen LogP contribution >= 0.6 is 11.8 Å². The van der Waals surface area contributed by atoms with Crippen LogP contribution in [0.1, 0.15) is 0 Å². The molecule has 1 aliphatic heterocycles. The second-order valence-electron chi connectivity index (χ2n) is 3.81. The lowest BCUT2D eigenvalue weighted by atomic mass is 10.2. The number of hydrogen-bond acceptors (Lipinski definition) is 5. The van der Waals surface area contributed by atoms with Gasteiger partial charge in [0.05, 0.1) is 0 Å². The van der Waals surface area contributed by atoms with E-state index in [9.17, 15) is 8.78 Å². The van der Waals surface area contributed by atoms with E-state index in [2.05, 4.69) is 10.2 Å². The molecule has 2 aromatic rings. The molecular weight excluding hydrogens is 276 g/mol. The van der Waals surface area contributed by atoms with Gasteiger partial charge in [0.2, 0.25) is 6.79 Å². The Morgan fingerprint density at radius 2 is 2.05 bits per heavy atom. The van der Waals surface area contributed by atoms with Gasteiger partial charge < -0.3 is 14.0 Å². The standard InChI is InChI=1S/C11H9F2N3O2S/c1-16-9(14-15-11(16)19-10(12)13)6-2-3-7-8(4-6)18-5-17-7/h2-4,10H,5H2,1H3. The Hall–Kier alpha value is -1.83. The first kappa shape index (κ1) is 12.2. The molecular formula is C11H9F2N3O2S. The van der Waals surface area contributed by atoms with E-state index in [0.717, 1.165) is 5.56 Å². The van der Waals surface area contributed by atoms with Crippen LogP contribution in [0.15, 0.2) is 23.4 Å². The molecule has 1 aromatic carbocycles. The molecule has 0 fully saturated rings. The molecule has 0 saturated carbocycles. The minimum absolute atomic E-state index is 0.169. The SMILES string of the molecule is Cn1c(SC(F)F)nnc1-c1ccc2c(c1)OCO2. The number of alkyl halides is 2. The fourth-order valence-corrected chi connectivity index (χ4v) is 2.28. The van der Waals surface area contributed by atoms with E-state index >= 15 is 0 Å². The maximum Gasteiger partial charge on any atom is 0.291 e. The third-order valence-electron chi connectivity index (χ3n) is 2.66. The van der Waals surface area contributed by atoms with Crippen molar-refractivity contribution in [3.8, 4) is 22.9 Å². The van der Waals surface area contributed by atoms with Gasteiger partial charge in [-0.1, -0.05) is 0 Å². The second kappa shape index (κ2) is 4.69. The third kappa shape index (κ3) is 2.23. The zero-order chi connectivity index (χ0) is 13.4. The number of fused-ring (bicyclic) bond motifs is 1. The van der Waals surface area contributed by atoms with Gasteiger partial charge in [-0.05, 0) is 30.0 Å². The summed E-state index contributed by atoms with van der Waals surface area (Å²) in [5.74, 6) is -0.745. The van der Waals surface area contributed by atoms with Gasteiger partial charge in [0.25, 0.3) is 5.76 Å². The number of hydrogen-bond donors (Lipinski definition) is 0. The topological polar surface area (TPSA) is 49.2 Å². The summed E-state index contributed by atoms with van der Waals surface area (Å²) in [4.78, 5) is 0. The number of thioether (sulfide) groups is 1. The van der Waals surface area contributed by atoms with Crippen molar-refractivity contribution in [1.82, 2.24) is 14.8 Å². The highest BCUT2D eigenvalue weighted by Crippen LogP contribution is 2.36. The van der Waals surface area contributed by atoms with Crippen molar-refractivity contribution in [2.75, 3.05) is 6.79 Å². The zero-order valence-electron chi connectivity index (χ0n) is 9.84. The number of halogens is 2. The Morgan fingerprint density at radius 1 is 1.26 bits per heavy atom. The number of aromatic nitrogens is 3. The largest absolute Gasteiger partial charge is 0.454 e. The van der Waals surface area contributed by atoms with Gasteiger partial charge in [-0.3, -0.25) is 0 Å². The number of benzene rings is 1. The summed E-state index contributed by atoms with van der Waals surface area (Å²) in [6.07, 6.45) is 0. The van der Waals surface area contributed by atoms with Gasteiger partial charge in [0.1, 0.15) is 0 Å². The van der Waals surface area contributed by atoms with Crippen LogP contribution < -0.4 is 9.47 Å². The summed E-state index contributed by atoms with van der Waals surface area (Å²) in [5, 5.41) is 7.85. The minimum Gasteiger partial charge on any atom is -0.454 e. The average Bonchev–Trinajstić information content (AvgIpc) is 2.96. The molecule has 0 N–H and O–H groups in total. The molecule has 0 atom stereocenters. The lowest BCUT2D eigenvalue weighted by Crippen LogP contribution is -1.96. The van der Waals surface area contributed by atoms with Crippen LogP contribution in [-0.2, 0) is 7.05 Å². The van der Waals surface area contributed by atoms with Crippen molar-refractivity contribution in [3.05, 3.63) is 18.2 Å². The van der Waals surface area contributed by atoms with E-state index in [1.165, 1.54) is 4.57 Å². The van der Waals surface area contributed by atoms with E-state index in [-0.39, 0.29) is 11.9 Å². The molecule has 1 aromatic heterocycles. The number of ether oxygens (including phenoxy) is 2. The summed E-state index contributed by atoms with van der Waals surface area (Å²) in [6.45, 7) is 0.185. The Kier molecular flexibility index (Phi) is 3.02. The molecule has 0 amide bonds. The highest BCUT2D eigenvalue weighted by atomic mass is 32.2. The monoisotopic (exact) mass is 285 g/mol. The summed E-state index contributed by atoms with van der Waals surface area (Å²) in [5.41, 5.74) is 0.736. The van der Waals surface area contributed by atoms with Gasteiger partial charge in [-0.25, -0.2) is 0 Å². The summed E-state index contributed by atoms with van der Waals surface area (Å²) < 4.78 is 36.7. The molecule has 2 heterocycles. The predicted molar refractivity (Wildman–Crippen MR) is 64.4 cm³/mol. The molecule has 0 radical (unpaired) electrons. The van der Waals surface area contributed by atoms with Crippen molar-refractivity contribution in [2.45, 2.75) is 10.9 Å². The molecule has 0 saturated heterocycles. The summed E-state index contributed by atoms with van der Waals surface area (Å²) >= 11 is 0.366. The lowest BCUT2D eigenvalue weighted by Gasteiger charge is -2.04. The van der Waals surface area contributed by atoms with Gasteiger partial charge >= 0.3 is 0 Å². The molecule has 8 heteroatoms. The Bertz CT molecular complexity index is 618. The molecule has 5 nitrogen and oxygen atoms in total. The van der Waals surface area contributed by atoms with Crippen LogP contribution in [0, 0.1) is 0 Å². The zero-order valence-corrected chi connectivity index (χ0v) is 10.7. The van der Waals surface area contributed by atoms with Crippen LogP contribution in [-0.4, -0.2) is 27.3 Å². The van der Waals surface area contributed by atoms with Gasteiger partial charge in [0, 0.05) is 12.6 Å². The Balaban J connectivity index is 1.96. The molecule has 3 rings (SSSR count). The van der Waals surface area contributed by atoms with Crippen LogP contribution in [0.5, 0.6) is 11.5 Å². The molecule has 100 valence electrons. The first-order chi connectivity index (χ1) is 9.15. The van der Waals surface area contributed by atoms with Gasteiger partial charge in [0.15, 0.2) is 22.5 Å². The maximum absolute atomic E-state index is 12.3. The van der Waals surface area contributed by atoms with Gasteiger partial charge in [-0.2, -0.15) is 8.78 Å². The van der Waals surface area contributed by atoms with Crippen molar-refractivity contribution in [1.29, 1.82) is 0 Å². The lowest BCUT2D eigenvalue weighted by molar-refractivity contribution is 0.174. The fourth-order valence-electron chi connectivity index (χ4n) is 1.78. The van der Waals surface area contributed by atoms with E-state index in [1.54, 1.807) is 25.2 Å². The van der Waals surface area contributed by atoms with Crippen molar-refractivity contribution >= 4 is 11.8 Å². The number of nitrogens with zero attached hydrogens (tertiary/aromatic N) is 3. The molecule has 1 aliphatic rings. The van der Waals surface area contributed by atoms with Crippen LogP contribution in [0.3, 0.4) is 0 Å². The predicted octanol–water partition coefficient (Wildman–Crippen LogP) is 2.53. The van der Waals surface area contributed by atoms with E-state index in [0.29, 0.717) is 29.1 Å². The molecule has 0 bridgehead atoms. The highest BCUT2D eigenvalue weighted by Gasteiger charge is 2.18. The van der Waals surface area contributed by atoms with E-state index < -0.39 is 5.76 Å². The molecule has 0 spiro atoms. The Morgan fingerprint density at radius 3 is 2.84 bits per heavy atom. The van der Waals surface area contributed by atoms with E-state index in [1.807, 2.05) is 0 Å². The third-order valence-corrected chi connectivity index (χ3v) is 3.40. The van der Waals surface area contributed by atoms with Gasteiger partial charge in [-0.15, -0.1) is 10.2 Å². The summed E-state index contributed by atoms with van der Waals surface area (Å²) in [6, 6.07) is 5.30. The fraction of sp³-hybridized carbons (Fsp3) is 0.273. The Labute approximate surface area is 111 Å². The highest BCUT2D eigenvalue weighted by molar-refractivity contribution is 7.99. The average molecular weight is 285 g/mol. The van der Waals surface area contributed by atoms with Crippen molar-refractivity contribution < 1.29 is 18.3 Å². The minimum atomic E-state index is -2.52. The molecule has 0 aliphatic carbocycles. The molecule has 19 heavy (non-hydrogen) atoms. The molecule has 0 unspecified atom stereocenters. The first-order valence-corrected chi connectivity index (χ1v) is 6.27.